The fraction of sp³-hybridized carbons (Fsp3) is 0.312. The Labute approximate surface area is 143 Å². The molecule has 3 rings (SSSR count). The number of aromatic amines is 1. The summed E-state index contributed by atoms with van der Waals surface area (Å²) in [4.78, 5) is 28.9. The van der Waals surface area contributed by atoms with E-state index < -0.39 is 5.91 Å². The molecular formula is C16H17N3O2S2. The first-order valence-electron chi connectivity index (χ1n) is 7.44. The number of carbonyl (C=O) groups excluding carboxylic acids is 2. The highest BCUT2D eigenvalue weighted by Gasteiger charge is 2.21. The van der Waals surface area contributed by atoms with Gasteiger partial charge in [-0.15, -0.1) is 11.3 Å². The molecule has 0 saturated heterocycles. The first-order valence-corrected chi connectivity index (χ1v) is 8.67. The number of thiophene rings is 1. The Kier molecular flexibility index (Phi) is 4.58. The molecule has 2 aromatic rings. The number of fused-ring (bicyclic) bond motifs is 1. The molecule has 0 spiro atoms. The fourth-order valence-corrected chi connectivity index (χ4v) is 3.99. The number of rotatable bonds is 2. The van der Waals surface area contributed by atoms with Crippen LogP contribution in [0.1, 0.15) is 43.8 Å². The van der Waals surface area contributed by atoms with Gasteiger partial charge in [-0.2, -0.15) is 0 Å². The van der Waals surface area contributed by atoms with E-state index in [1.54, 1.807) is 18.3 Å². The van der Waals surface area contributed by atoms with Gasteiger partial charge in [0.25, 0.3) is 11.8 Å². The summed E-state index contributed by atoms with van der Waals surface area (Å²) in [6, 6.07) is 5.22. The van der Waals surface area contributed by atoms with Gasteiger partial charge in [0.2, 0.25) is 0 Å². The van der Waals surface area contributed by atoms with Gasteiger partial charge in [-0.25, -0.2) is 0 Å². The van der Waals surface area contributed by atoms with E-state index >= 15 is 0 Å². The van der Waals surface area contributed by atoms with Crippen molar-refractivity contribution in [3.63, 3.8) is 0 Å². The maximum absolute atomic E-state index is 12.2. The monoisotopic (exact) mass is 347 g/mol. The summed E-state index contributed by atoms with van der Waals surface area (Å²) < 4.78 is 0.333. The number of carbonyl (C=O) groups is 2. The summed E-state index contributed by atoms with van der Waals surface area (Å²) in [5, 5.41) is 0. The zero-order valence-corrected chi connectivity index (χ0v) is 14.3. The molecule has 5 nitrogen and oxygen atoms in total. The van der Waals surface area contributed by atoms with Crippen LogP contribution < -0.4 is 10.9 Å². The lowest BCUT2D eigenvalue weighted by molar-refractivity contribution is 0.0848. The van der Waals surface area contributed by atoms with Gasteiger partial charge in [-0.1, -0.05) is 19.1 Å². The molecule has 0 saturated carbocycles. The average Bonchev–Trinajstić information content (AvgIpc) is 2.95. The van der Waals surface area contributed by atoms with Crippen molar-refractivity contribution in [1.82, 2.24) is 15.8 Å². The lowest BCUT2D eigenvalue weighted by Crippen LogP contribution is -2.41. The van der Waals surface area contributed by atoms with E-state index in [9.17, 15) is 9.59 Å². The van der Waals surface area contributed by atoms with Gasteiger partial charge in [0.05, 0.1) is 10.4 Å². The number of hydrogen-bond acceptors (Lipinski definition) is 4. The summed E-state index contributed by atoms with van der Waals surface area (Å²) in [5.41, 5.74) is 6.45. The zero-order valence-electron chi connectivity index (χ0n) is 12.6. The highest BCUT2D eigenvalue weighted by Crippen LogP contribution is 2.32. The number of hydrogen-bond donors (Lipinski definition) is 3. The maximum Gasteiger partial charge on any atom is 0.279 e. The maximum atomic E-state index is 12.2. The molecule has 23 heavy (non-hydrogen) atoms. The van der Waals surface area contributed by atoms with Crippen LogP contribution in [0.25, 0.3) is 0 Å². The van der Waals surface area contributed by atoms with Crippen molar-refractivity contribution in [1.29, 1.82) is 0 Å². The minimum absolute atomic E-state index is 0.295. The Morgan fingerprint density at radius 1 is 1.35 bits per heavy atom. The van der Waals surface area contributed by atoms with Crippen LogP contribution in [0.5, 0.6) is 0 Å². The molecule has 3 N–H and O–H groups in total. The molecule has 7 heteroatoms. The van der Waals surface area contributed by atoms with Gasteiger partial charge in [-0.3, -0.25) is 20.4 Å². The second kappa shape index (κ2) is 6.64. The number of H-pyrrole nitrogens is 1. The third-order valence-corrected chi connectivity index (χ3v) is 5.48. The molecule has 2 amide bonds. The Morgan fingerprint density at radius 2 is 2.13 bits per heavy atom. The molecule has 0 aromatic carbocycles. The average molecular weight is 347 g/mol. The SMILES string of the molecule is CC1CCc2sc(C(=O)NNC(=O)c3ccc[nH]c3=S)cc2C1. The van der Waals surface area contributed by atoms with Crippen molar-refractivity contribution in [3.8, 4) is 0 Å². The quantitative estimate of drug-likeness (QED) is 0.577. The lowest BCUT2D eigenvalue weighted by atomic mass is 9.90. The van der Waals surface area contributed by atoms with Gasteiger partial charge in [0.1, 0.15) is 4.64 Å². The summed E-state index contributed by atoms with van der Waals surface area (Å²) >= 11 is 6.55. The molecule has 120 valence electrons. The van der Waals surface area contributed by atoms with Gasteiger partial charge in [0, 0.05) is 11.1 Å². The topological polar surface area (TPSA) is 74.0 Å². The van der Waals surface area contributed by atoms with Crippen molar-refractivity contribution in [2.75, 3.05) is 0 Å². The number of hydrazine groups is 1. The third kappa shape index (κ3) is 3.51. The molecule has 0 bridgehead atoms. The Balaban J connectivity index is 1.65. The normalized spacial score (nSPS) is 16.5. The standard InChI is InChI=1S/C16H17N3O2S2/c1-9-4-5-12-10(7-9)8-13(23-12)15(21)19-18-14(20)11-3-2-6-17-16(11)22/h2-3,6,8-9H,4-5,7H2,1H3,(H,17,22)(H,18,20)(H,19,21). The second-order valence-electron chi connectivity index (χ2n) is 5.73. The number of aromatic nitrogens is 1. The Bertz CT molecular complexity index is 810. The van der Waals surface area contributed by atoms with Crippen molar-refractivity contribution < 1.29 is 9.59 Å². The van der Waals surface area contributed by atoms with Crippen molar-refractivity contribution >= 4 is 35.4 Å². The molecule has 1 aliphatic carbocycles. The van der Waals surface area contributed by atoms with Gasteiger partial charge < -0.3 is 4.98 Å². The van der Waals surface area contributed by atoms with Crippen LogP contribution in [0.3, 0.4) is 0 Å². The van der Waals surface area contributed by atoms with Crippen LogP contribution in [-0.2, 0) is 12.8 Å². The second-order valence-corrected chi connectivity index (χ2v) is 7.27. The van der Waals surface area contributed by atoms with E-state index in [0.717, 1.165) is 19.3 Å². The van der Waals surface area contributed by atoms with Crippen LogP contribution in [0, 0.1) is 10.6 Å². The minimum Gasteiger partial charge on any atom is -0.352 e. The number of aryl methyl sites for hydroxylation is 1. The first-order chi connectivity index (χ1) is 11.0. The van der Waals surface area contributed by atoms with Crippen molar-refractivity contribution in [2.24, 2.45) is 5.92 Å². The molecule has 0 fully saturated rings. The van der Waals surface area contributed by atoms with E-state index in [0.29, 0.717) is 21.0 Å². The fourth-order valence-electron chi connectivity index (χ4n) is 2.66. The number of nitrogens with one attached hydrogen (secondary N) is 3. The van der Waals surface area contributed by atoms with E-state index in [2.05, 4.69) is 22.8 Å². The van der Waals surface area contributed by atoms with E-state index in [1.165, 1.54) is 21.8 Å². The molecular weight excluding hydrogens is 330 g/mol. The molecule has 1 unspecified atom stereocenters. The van der Waals surface area contributed by atoms with Crippen molar-refractivity contribution in [3.05, 3.63) is 49.9 Å². The largest absolute Gasteiger partial charge is 0.352 e. The molecule has 0 aliphatic heterocycles. The summed E-state index contributed by atoms with van der Waals surface area (Å²) in [6.07, 6.45) is 4.86. The first kappa shape index (κ1) is 15.9. The molecule has 0 radical (unpaired) electrons. The Morgan fingerprint density at radius 3 is 2.91 bits per heavy atom. The van der Waals surface area contributed by atoms with E-state index in [-0.39, 0.29) is 5.91 Å². The van der Waals surface area contributed by atoms with Crippen LogP contribution in [-0.4, -0.2) is 16.8 Å². The molecule has 2 heterocycles. The van der Waals surface area contributed by atoms with Gasteiger partial charge in [-0.05, 0) is 48.9 Å². The number of pyridine rings is 1. The smallest absolute Gasteiger partial charge is 0.279 e. The Hall–Kier alpha value is -1.99. The predicted molar refractivity (Wildman–Crippen MR) is 92.1 cm³/mol. The van der Waals surface area contributed by atoms with E-state index in [1.807, 2.05) is 6.07 Å². The van der Waals surface area contributed by atoms with Crippen LogP contribution >= 0.6 is 23.6 Å². The van der Waals surface area contributed by atoms with Crippen LogP contribution in [0.4, 0.5) is 0 Å². The third-order valence-electron chi connectivity index (χ3n) is 3.91. The molecule has 1 atom stereocenters. The van der Waals surface area contributed by atoms with Crippen molar-refractivity contribution in [2.45, 2.75) is 26.2 Å². The highest BCUT2D eigenvalue weighted by molar-refractivity contribution is 7.71. The summed E-state index contributed by atoms with van der Waals surface area (Å²) in [6.45, 7) is 2.23. The number of amides is 2. The van der Waals surface area contributed by atoms with Crippen LogP contribution in [0.2, 0.25) is 0 Å². The highest BCUT2D eigenvalue weighted by atomic mass is 32.1. The minimum atomic E-state index is -0.435. The lowest BCUT2D eigenvalue weighted by Gasteiger charge is -2.16. The molecule has 1 aliphatic rings. The predicted octanol–water partition coefficient (Wildman–Crippen LogP) is 3.01. The zero-order chi connectivity index (χ0) is 16.4. The summed E-state index contributed by atoms with van der Waals surface area (Å²) in [5.74, 6) is -0.0705. The summed E-state index contributed by atoms with van der Waals surface area (Å²) in [7, 11) is 0. The molecule has 2 aromatic heterocycles. The van der Waals surface area contributed by atoms with Crippen LogP contribution in [0.15, 0.2) is 24.4 Å². The van der Waals surface area contributed by atoms with Gasteiger partial charge >= 0.3 is 0 Å². The van der Waals surface area contributed by atoms with E-state index in [4.69, 9.17) is 12.2 Å². The van der Waals surface area contributed by atoms with Gasteiger partial charge in [0.15, 0.2) is 0 Å².